The zero-order valence-electron chi connectivity index (χ0n) is 8.15. The van der Waals surface area contributed by atoms with Crippen molar-refractivity contribution < 1.29 is 13.2 Å². The summed E-state index contributed by atoms with van der Waals surface area (Å²) in [6.07, 6.45) is 1.18. The van der Waals surface area contributed by atoms with Gasteiger partial charge in [-0.15, -0.1) is 0 Å². The van der Waals surface area contributed by atoms with Crippen LogP contribution >= 0.6 is 12.2 Å². The highest BCUT2D eigenvalue weighted by molar-refractivity contribution is 7.89. The largest absolute Gasteiger partial charge is 0.393 e. The van der Waals surface area contributed by atoms with Crippen LogP contribution in [-0.4, -0.2) is 39.4 Å². The Kier molecular flexibility index (Phi) is 6.98. The average Bonchev–Trinajstić information content (AvgIpc) is 2.09. The topological polar surface area (TPSA) is 81.4 Å². The van der Waals surface area contributed by atoms with Crippen LogP contribution in [0.15, 0.2) is 0 Å². The molecule has 0 bridgehead atoms. The fourth-order valence-electron chi connectivity index (χ4n) is 0.756. The molecule has 7 heteroatoms. The number of thiocarbonyl (C=S) groups is 1. The molecular weight excluding hydrogens is 224 g/mol. The molecule has 5 nitrogen and oxygen atoms in total. The third-order valence-electron chi connectivity index (χ3n) is 1.48. The predicted molar refractivity (Wildman–Crippen MR) is 59.7 cm³/mol. The van der Waals surface area contributed by atoms with Crippen molar-refractivity contribution in [2.24, 2.45) is 5.73 Å². The summed E-state index contributed by atoms with van der Waals surface area (Å²) in [6, 6.07) is 0. The van der Waals surface area contributed by atoms with E-state index in [2.05, 4.69) is 21.7 Å². The Hall–Kier alpha value is -0.240. The summed E-state index contributed by atoms with van der Waals surface area (Å²) in [4.78, 5) is 0.404. The van der Waals surface area contributed by atoms with Gasteiger partial charge in [0.1, 0.15) is 0 Å². The summed E-state index contributed by atoms with van der Waals surface area (Å²) < 4.78 is 29.4. The molecule has 0 spiro atoms. The molecule has 0 aliphatic rings. The maximum absolute atomic E-state index is 11.2. The van der Waals surface area contributed by atoms with E-state index in [9.17, 15) is 8.42 Å². The molecule has 0 aliphatic heterocycles. The lowest BCUT2D eigenvalue weighted by Crippen LogP contribution is -2.29. The van der Waals surface area contributed by atoms with Gasteiger partial charge >= 0.3 is 0 Å². The lowest BCUT2D eigenvalue weighted by molar-refractivity contribution is 0.217. The number of sulfonamides is 1. The smallest absolute Gasteiger partial charge is 0.213 e. The quantitative estimate of drug-likeness (QED) is 0.446. The van der Waals surface area contributed by atoms with Crippen molar-refractivity contribution in [1.82, 2.24) is 4.72 Å². The number of methoxy groups -OCH3 is 1. The monoisotopic (exact) mass is 240 g/mol. The van der Waals surface area contributed by atoms with Gasteiger partial charge in [-0.3, -0.25) is 0 Å². The first-order chi connectivity index (χ1) is 6.48. The Morgan fingerprint density at radius 1 is 1.57 bits per heavy atom. The number of nitrogens with two attached hydrogens (primary N) is 1. The molecule has 0 aliphatic carbocycles. The third-order valence-corrected chi connectivity index (χ3v) is 3.03. The summed E-state index contributed by atoms with van der Waals surface area (Å²) in [5.41, 5.74) is 5.26. The zero-order valence-corrected chi connectivity index (χ0v) is 9.79. The summed E-state index contributed by atoms with van der Waals surface area (Å²) >= 11 is 4.65. The van der Waals surface area contributed by atoms with Crippen LogP contribution in [0.4, 0.5) is 0 Å². The highest BCUT2D eigenvalue weighted by Crippen LogP contribution is 1.90. The molecule has 0 aromatic rings. The molecule has 3 N–H and O–H groups in total. The minimum atomic E-state index is -3.20. The molecule has 0 radical (unpaired) electrons. The molecule has 0 fully saturated rings. The SMILES string of the molecule is COCCS(=O)(=O)NCCCC(N)=S. The fourth-order valence-corrected chi connectivity index (χ4v) is 1.89. The van der Waals surface area contributed by atoms with Crippen molar-refractivity contribution in [3.8, 4) is 0 Å². The molecule has 0 aromatic heterocycles. The van der Waals surface area contributed by atoms with Gasteiger partial charge in [0.2, 0.25) is 10.0 Å². The first-order valence-electron chi connectivity index (χ1n) is 4.22. The summed E-state index contributed by atoms with van der Waals surface area (Å²) in [7, 11) is -1.74. The molecule has 0 atom stereocenters. The van der Waals surface area contributed by atoms with Gasteiger partial charge in [0, 0.05) is 13.7 Å². The van der Waals surface area contributed by atoms with Crippen molar-refractivity contribution in [3.05, 3.63) is 0 Å². The number of ether oxygens (including phenoxy) is 1. The van der Waals surface area contributed by atoms with E-state index in [1.807, 2.05) is 0 Å². The second-order valence-electron chi connectivity index (χ2n) is 2.78. The minimum Gasteiger partial charge on any atom is -0.393 e. The first kappa shape index (κ1) is 13.8. The van der Waals surface area contributed by atoms with E-state index >= 15 is 0 Å². The fraction of sp³-hybridized carbons (Fsp3) is 0.857. The number of hydrogen-bond donors (Lipinski definition) is 2. The second-order valence-corrected chi connectivity index (χ2v) is 5.23. The van der Waals surface area contributed by atoms with Crippen LogP contribution in [0.3, 0.4) is 0 Å². The summed E-state index contributed by atoms with van der Waals surface area (Å²) in [6.45, 7) is 0.564. The Labute approximate surface area is 90.1 Å². The normalized spacial score (nSPS) is 11.5. The lowest BCUT2D eigenvalue weighted by atomic mass is 10.3. The van der Waals surface area contributed by atoms with E-state index in [0.717, 1.165) is 0 Å². The lowest BCUT2D eigenvalue weighted by Gasteiger charge is -2.05. The summed E-state index contributed by atoms with van der Waals surface area (Å²) in [5.74, 6) is -0.0173. The molecular formula is C7H16N2O3S2. The Morgan fingerprint density at radius 3 is 2.71 bits per heavy atom. The van der Waals surface area contributed by atoms with E-state index in [1.165, 1.54) is 7.11 Å². The predicted octanol–water partition coefficient (Wildman–Crippen LogP) is -0.381. The van der Waals surface area contributed by atoms with E-state index in [-0.39, 0.29) is 12.4 Å². The molecule has 0 unspecified atom stereocenters. The van der Waals surface area contributed by atoms with Gasteiger partial charge in [-0.1, -0.05) is 12.2 Å². The van der Waals surface area contributed by atoms with Gasteiger partial charge in [0.15, 0.2) is 0 Å². The van der Waals surface area contributed by atoms with Gasteiger partial charge < -0.3 is 10.5 Å². The van der Waals surface area contributed by atoms with Gasteiger partial charge in [-0.05, 0) is 12.8 Å². The maximum Gasteiger partial charge on any atom is 0.213 e. The maximum atomic E-state index is 11.2. The van der Waals surface area contributed by atoms with E-state index in [4.69, 9.17) is 5.73 Å². The van der Waals surface area contributed by atoms with Crippen molar-refractivity contribution in [2.45, 2.75) is 12.8 Å². The Balaban J connectivity index is 3.61. The second kappa shape index (κ2) is 7.10. The highest BCUT2D eigenvalue weighted by Gasteiger charge is 2.08. The number of hydrogen-bond acceptors (Lipinski definition) is 4. The van der Waals surface area contributed by atoms with Crippen LogP contribution in [0.5, 0.6) is 0 Å². The third kappa shape index (κ3) is 8.36. The number of rotatable bonds is 8. The molecule has 84 valence electrons. The standard InChI is InChI=1S/C7H16N2O3S2/c1-12-5-6-14(10,11)9-4-2-3-7(8)13/h9H,2-6H2,1H3,(H2,8,13). The van der Waals surface area contributed by atoms with Crippen LogP contribution in [0.1, 0.15) is 12.8 Å². The molecule has 0 heterocycles. The van der Waals surface area contributed by atoms with E-state index < -0.39 is 10.0 Å². The number of nitrogens with one attached hydrogen (secondary N) is 1. The van der Waals surface area contributed by atoms with Crippen molar-refractivity contribution in [3.63, 3.8) is 0 Å². The first-order valence-corrected chi connectivity index (χ1v) is 6.28. The van der Waals surface area contributed by atoms with E-state index in [0.29, 0.717) is 24.4 Å². The summed E-state index contributed by atoms with van der Waals surface area (Å²) in [5, 5.41) is 0. The van der Waals surface area contributed by atoms with Crippen LogP contribution < -0.4 is 10.5 Å². The molecule has 0 rings (SSSR count). The van der Waals surface area contributed by atoms with Crippen molar-refractivity contribution in [2.75, 3.05) is 26.0 Å². The van der Waals surface area contributed by atoms with Crippen molar-refractivity contribution >= 4 is 27.2 Å². The molecule has 0 saturated carbocycles. The molecule has 0 aromatic carbocycles. The van der Waals surface area contributed by atoms with E-state index in [1.54, 1.807) is 0 Å². The molecule has 0 saturated heterocycles. The minimum absolute atomic E-state index is 0.0173. The zero-order chi connectivity index (χ0) is 11.0. The van der Waals surface area contributed by atoms with Crippen LogP contribution in [0, 0.1) is 0 Å². The van der Waals surface area contributed by atoms with Gasteiger partial charge in [-0.2, -0.15) is 0 Å². The van der Waals surface area contributed by atoms with Crippen molar-refractivity contribution in [1.29, 1.82) is 0 Å². The Bertz CT molecular complexity index is 264. The van der Waals surface area contributed by atoms with Crippen LogP contribution in [0.25, 0.3) is 0 Å². The van der Waals surface area contributed by atoms with Gasteiger partial charge in [0.05, 0.1) is 17.3 Å². The Morgan fingerprint density at radius 2 is 2.21 bits per heavy atom. The molecule has 14 heavy (non-hydrogen) atoms. The van der Waals surface area contributed by atoms with Gasteiger partial charge in [0.25, 0.3) is 0 Å². The molecule has 0 amide bonds. The average molecular weight is 240 g/mol. The van der Waals surface area contributed by atoms with Crippen LogP contribution in [-0.2, 0) is 14.8 Å². The van der Waals surface area contributed by atoms with Crippen LogP contribution in [0.2, 0.25) is 0 Å². The highest BCUT2D eigenvalue weighted by atomic mass is 32.2. The van der Waals surface area contributed by atoms with Gasteiger partial charge in [-0.25, -0.2) is 13.1 Å².